The van der Waals surface area contributed by atoms with Crippen LogP contribution in [0, 0.1) is 0 Å². The minimum atomic E-state index is -0.261. The predicted molar refractivity (Wildman–Crippen MR) is 87.0 cm³/mol. The summed E-state index contributed by atoms with van der Waals surface area (Å²) in [6, 6.07) is 8.53. The van der Waals surface area contributed by atoms with Gasteiger partial charge >= 0.3 is 6.09 Å². The Morgan fingerprint density at radius 2 is 2.17 bits per heavy atom. The van der Waals surface area contributed by atoms with Gasteiger partial charge < -0.3 is 15.0 Å². The van der Waals surface area contributed by atoms with Gasteiger partial charge in [0.05, 0.1) is 12.6 Å². The van der Waals surface area contributed by atoms with Crippen molar-refractivity contribution >= 4 is 12.0 Å². The summed E-state index contributed by atoms with van der Waals surface area (Å²) in [7, 11) is 0. The summed E-state index contributed by atoms with van der Waals surface area (Å²) in [5.41, 5.74) is 2.62. The molecule has 23 heavy (non-hydrogen) atoms. The van der Waals surface area contributed by atoms with Gasteiger partial charge in [-0.25, -0.2) is 4.79 Å². The van der Waals surface area contributed by atoms with Gasteiger partial charge in [0.25, 0.3) is 0 Å². The van der Waals surface area contributed by atoms with Crippen LogP contribution in [0.5, 0.6) is 0 Å². The molecule has 1 fully saturated rings. The number of ether oxygens (including phenoxy) is 1. The first-order valence-corrected chi connectivity index (χ1v) is 8.53. The van der Waals surface area contributed by atoms with E-state index in [2.05, 4.69) is 23.5 Å². The van der Waals surface area contributed by atoms with Crippen molar-refractivity contribution in [2.24, 2.45) is 0 Å². The quantitative estimate of drug-likeness (QED) is 0.850. The highest BCUT2D eigenvalue weighted by molar-refractivity contribution is 5.76. The number of cyclic esters (lactones) is 1. The minimum absolute atomic E-state index is 0.0688. The molecule has 3 rings (SSSR count). The third kappa shape index (κ3) is 4.03. The lowest BCUT2D eigenvalue weighted by molar-refractivity contribution is -0.122. The molecule has 0 bridgehead atoms. The molecule has 0 saturated carbocycles. The van der Waals surface area contributed by atoms with E-state index < -0.39 is 0 Å². The predicted octanol–water partition coefficient (Wildman–Crippen LogP) is 2.80. The van der Waals surface area contributed by atoms with Crippen molar-refractivity contribution in [3.8, 4) is 0 Å². The fourth-order valence-corrected chi connectivity index (χ4v) is 3.40. The number of rotatable bonds is 5. The molecule has 5 nitrogen and oxygen atoms in total. The van der Waals surface area contributed by atoms with Crippen molar-refractivity contribution in [3.05, 3.63) is 35.4 Å². The maximum absolute atomic E-state index is 12.2. The zero-order valence-corrected chi connectivity index (χ0v) is 13.4. The summed E-state index contributed by atoms with van der Waals surface area (Å²) in [5, 5.41) is 3.18. The summed E-state index contributed by atoms with van der Waals surface area (Å²) in [4.78, 5) is 25.2. The van der Waals surface area contributed by atoms with Crippen LogP contribution in [0.25, 0.3) is 0 Å². The van der Waals surface area contributed by atoms with Crippen LogP contribution in [0.1, 0.15) is 49.3 Å². The minimum Gasteiger partial charge on any atom is -0.448 e. The Balaban J connectivity index is 1.50. The summed E-state index contributed by atoms with van der Waals surface area (Å²) < 4.78 is 4.88. The van der Waals surface area contributed by atoms with E-state index in [-0.39, 0.29) is 18.0 Å². The Morgan fingerprint density at radius 1 is 1.30 bits per heavy atom. The molecule has 0 unspecified atom stereocenters. The van der Waals surface area contributed by atoms with E-state index in [4.69, 9.17) is 4.74 Å². The fourth-order valence-electron chi connectivity index (χ4n) is 3.40. The van der Waals surface area contributed by atoms with Gasteiger partial charge in [0.2, 0.25) is 5.91 Å². The number of nitrogens with one attached hydrogen (secondary N) is 1. The Bertz CT molecular complexity index is 573. The topological polar surface area (TPSA) is 58.6 Å². The molecule has 0 spiro atoms. The molecule has 1 aromatic carbocycles. The highest BCUT2D eigenvalue weighted by Gasteiger charge is 2.22. The zero-order valence-electron chi connectivity index (χ0n) is 13.4. The average Bonchev–Trinajstić information content (AvgIpc) is 2.85. The molecule has 1 aromatic rings. The van der Waals surface area contributed by atoms with Crippen LogP contribution in [0.2, 0.25) is 0 Å². The van der Waals surface area contributed by atoms with Crippen LogP contribution in [-0.4, -0.2) is 36.6 Å². The van der Waals surface area contributed by atoms with Gasteiger partial charge in [-0.2, -0.15) is 0 Å². The van der Waals surface area contributed by atoms with Crippen molar-refractivity contribution < 1.29 is 14.3 Å². The van der Waals surface area contributed by atoms with Crippen LogP contribution in [0.15, 0.2) is 24.3 Å². The smallest absolute Gasteiger partial charge is 0.409 e. The van der Waals surface area contributed by atoms with Crippen LogP contribution < -0.4 is 5.32 Å². The molecular formula is C18H24N2O3. The number of hydrogen-bond donors (Lipinski definition) is 1. The molecule has 2 amide bonds. The highest BCUT2D eigenvalue weighted by atomic mass is 16.6. The molecule has 1 atom stereocenters. The number of carbonyl (C=O) groups is 2. The van der Waals surface area contributed by atoms with E-state index >= 15 is 0 Å². The van der Waals surface area contributed by atoms with Crippen molar-refractivity contribution in [1.82, 2.24) is 10.2 Å². The Hall–Kier alpha value is -2.04. The average molecular weight is 316 g/mol. The maximum atomic E-state index is 12.2. The number of fused-ring (bicyclic) bond motifs is 1. The first kappa shape index (κ1) is 15.8. The second-order valence-corrected chi connectivity index (χ2v) is 6.27. The highest BCUT2D eigenvalue weighted by Crippen LogP contribution is 2.28. The molecule has 1 N–H and O–H groups in total. The lowest BCUT2D eigenvalue weighted by atomic mass is 9.99. The molecular weight excluding hydrogens is 292 g/mol. The molecule has 5 heteroatoms. The maximum Gasteiger partial charge on any atom is 0.409 e. The largest absolute Gasteiger partial charge is 0.448 e. The summed E-state index contributed by atoms with van der Waals surface area (Å²) >= 11 is 0. The van der Waals surface area contributed by atoms with Crippen LogP contribution >= 0.6 is 0 Å². The molecule has 1 aliphatic heterocycles. The second kappa shape index (κ2) is 7.49. The lowest BCUT2D eigenvalue weighted by Gasteiger charge is -2.20. The Morgan fingerprint density at radius 3 is 3.00 bits per heavy atom. The molecule has 124 valence electrons. The summed E-state index contributed by atoms with van der Waals surface area (Å²) in [6.07, 6.45) is 5.28. The van der Waals surface area contributed by atoms with Crippen molar-refractivity contribution in [1.29, 1.82) is 0 Å². The number of carbonyl (C=O) groups excluding carboxylic acids is 2. The first-order chi connectivity index (χ1) is 11.2. The van der Waals surface area contributed by atoms with Crippen molar-refractivity contribution in [2.45, 2.75) is 44.6 Å². The lowest BCUT2D eigenvalue weighted by Crippen LogP contribution is -2.30. The molecule has 1 aliphatic carbocycles. The van der Waals surface area contributed by atoms with E-state index in [1.54, 1.807) is 4.90 Å². The summed E-state index contributed by atoms with van der Waals surface area (Å²) in [5.74, 6) is 0.0688. The zero-order chi connectivity index (χ0) is 16.1. The molecule has 0 aromatic heterocycles. The number of nitrogens with zero attached hydrogens (tertiary/aromatic N) is 1. The SMILES string of the molecule is O=C(CCCN1CCOC1=O)N[C@@H]1CCCCc2ccccc21. The van der Waals surface area contributed by atoms with Crippen molar-refractivity contribution in [3.63, 3.8) is 0 Å². The molecule has 1 heterocycles. The van der Waals surface area contributed by atoms with Gasteiger partial charge in [-0.3, -0.25) is 4.79 Å². The standard InChI is InChI=1S/C18H24N2O3/c21-17(10-5-11-20-12-13-23-18(20)22)19-16-9-4-2-7-14-6-1-3-8-15(14)16/h1,3,6,8,16H,2,4-5,7,9-13H2,(H,19,21)/t16-/m1/s1. The van der Waals surface area contributed by atoms with E-state index in [1.807, 2.05) is 6.07 Å². The van der Waals surface area contributed by atoms with Crippen molar-refractivity contribution in [2.75, 3.05) is 19.7 Å². The van der Waals surface area contributed by atoms with Gasteiger partial charge in [0.1, 0.15) is 6.61 Å². The van der Waals surface area contributed by atoms with Gasteiger partial charge in [-0.05, 0) is 36.8 Å². The third-order valence-electron chi connectivity index (χ3n) is 4.63. The van der Waals surface area contributed by atoms with E-state index in [9.17, 15) is 9.59 Å². The number of benzene rings is 1. The van der Waals surface area contributed by atoms with E-state index in [1.165, 1.54) is 17.5 Å². The first-order valence-electron chi connectivity index (χ1n) is 8.53. The van der Waals surface area contributed by atoms with Gasteiger partial charge in [0, 0.05) is 13.0 Å². The van der Waals surface area contributed by atoms with Gasteiger partial charge in [-0.1, -0.05) is 30.7 Å². The normalized spacial score (nSPS) is 20.6. The van der Waals surface area contributed by atoms with Crippen LogP contribution in [-0.2, 0) is 16.0 Å². The van der Waals surface area contributed by atoms with E-state index in [0.29, 0.717) is 32.5 Å². The molecule has 2 aliphatic rings. The van der Waals surface area contributed by atoms with Gasteiger partial charge in [-0.15, -0.1) is 0 Å². The van der Waals surface area contributed by atoms with Crippen LogP contribution in [0.3, 0.4) is 0 Å². The second-order valence-electron chi connectivity index (χ2n) is 6.27. The van der Waals surface area contributed by atoms with E-state index in [0.717, 1.165) is 19.3 Å². The fraction of sp³-hybridized carbons (Fsp3) is 0.556. The number of hydrogen-bond acceptors (Lipinski definition) is 3. The number of amides is 2. The third-order valence-corrected chi connectivity index (χ3v) is 4.63. The molecule has 0 radical (unpaired) electrons. The number of aryl methyl sites for hydroxylation is 1. The Kier molecular flexibility index (Phi) is 5.16. The molecule has 1 saturated heterocycles. The monoisotopic (exact) mass is 316 g/mol. The Labute approximate surface area is 137 Å². The summed E-state index contributed by atoms with van der Waals surface area (Å²) in [6.45, 7) is 1.69. The van der Waals surface area contributed by atoms with Gasteiger partial charge in [0.15, 0.2) is 0 Å². The van der Waals surface area contributed by atoms with Crippen LogP contribution in [0.4, 0.5) is 4.79 Å².